The fourth-order valence-electron chi connectivity index (χ4n) is 2.36. The highest BCUT2D eigenvalue weighted by atomic mass is 79.9. The SMILES string of the molecule is O=C(CCC1CCCNC1)OCc1cccc(Br)c1. The van der Waals surface area contributed by atoms with Gasteiger partial charge in [0.1, 0.15) is 6.61 Å². The summed E-state index contributed by atoms with van der Waals surface area (Å²) in [5, 5.41) is 3.37. The van der Waals surface area contributed by atoms with Crippen molar-refractivity contribution >= 4 is 21.9 Å². The maximum atomic E-state index is 11.7. The average Bonchev–Trinajstić information content (AvgIpc) is 2.44. The van der Waals surface area contributed by atoms with E-state index in [2.05, 4.69) is 21.2 Å². The number of carbonyl (C=O) groups is 1. The Kier molecular flexibility index (Phi) is 5.86. The van der Waals surface area contributed by atoms with E-state index in [9.17, 15) is 4.79 Å². The summed E-state index contributed by atoms with van der Waals surface area (Å²) in [5.41, 5.74) is 1.02. The lowest BCUT2D eigenvalue weighted by molar-refractivity contribution is -0.145. The van der Waals surface area contributed by atoms with Crippen LogP contribution in [0, 0.1) is 5.92 Å². The maximum absolute atomic E-state index is 11.7. The molecule has 1 heterocycles. The molecule has 1 unspecified atom stereocenters. The van der Waals surface area contributed by atoms with Gasteiger partial charge < -0.3 is 10.1 Å². The smallest absolute Gasteiger partial charge is 0.306 e. The van der Waals surface area contributed by atoms with Gasteiger partial charge in [-0.3, -0.25) is 4.79 Å². The Morgan fingerprint density at radius 1 is 1.47 bits per heavy atom. The minimum Gasteiger partial charge on any atom is -0.461 e. The van der Waals surface area contributed by atoms with Crippen LogP contribution in [0.25, 0.3) is 0 Å². The molecule has 1 saturated heterocycles. The molecule has 3 nitrogen and oxygen atoms in total. The van der Waals surface area contributed by atoms with Gasteiger partial charge in [0, 0.05) is 10.9 Å². The van der Waals surface area contributed by atoms with E-state index >= 15 is 0 Å². The van der Waals surface area contributed by atoms with Crippen LogP contribution in [0.1, 0.15) is 31.2 Å². The van der Waals surface area contributed by atoms with Gasteiger partial charge in [0.05, 0.1) is 0 Å². The number of esters is 1. The zero-order chi connectivity index (χ0) is 13.5. The van der Waals surface area contributed by atoms with Crippen molar-refractivity contribution in [2.24, 2.45) is 5.92 Å². The zero-order valence-electron chi connectivity index (χ0n) is 11.0. The number of ether oxygens (including phenoxy) is 1. The predicted octanol–water partition coefficient (Wildman–Crippen LogP) is 3.27. The lowest BCUT2D eigenvalue weighted by Crippen LogP contribution is -2.30. The van der Waals surface area contributed by atoms with Crippen LogP contribution in [0.3, 0.4) is 0 Å². The number of halogens is 1. The molecule has 4 heteroatoms. The molecule has 2 rings (SSSR count). The van der Waals surface area contributed by atoms with Gasteiger partial charge in [-0.15, -0.1) is 0 Å². The summed E-state index contributed by atoms with van der Waals surface area (Å²) in [5.74, 6) is 0.540. The molecular weight excluding hydrogens is 306 g/mol. The minimum absolute atomic E-state index is 0.0921. The second-order valence-corrected chi connectivity index (χ2v) is 5.96. The highest BCUT2D eigenvalue weighted by Crippen LogP contribution is 2.17. The average molecular weight is 326 g/mol. The third kappa shape index (κ3) is 5.33. The van der Waals surface area contributed by atoms with Gasteiger partial charge in [-0.2, -0.15) is 0 Å². The van der Waals surface area contributed by atoms with Gasteiger partial charge >= 0.3 is 5.97 Å². The van der Waals surface area contributed by atoms with Crippen LogP contribution < -0.4 is 5.32 Å². The van der Waals surface area contributed by atoms with Crippen molar-refractivity contribution in [1.82, 2.24) is 5.32 Å². The number of nitrogens with one attached hydrogen (secondary N) is 1. The Balaban J connectivity index is 1.66. The summed E-state index contributed by atoms with van der Waals surface area (Å²) in [7, 11) is 0. The first-order chi connectivity index (χ1) is 9.24. The number of hydrogen-bond donors (Lipinski definition) is 1. The minimum atomic E-state index is -0.0921. The molecule has 104 valence electrons. The van der Waals surface area contributed by atoms with Crippen LogP contribution in [0.15, 0.2) is 28.7 Å². The van der Waals surface area contributed by atoms with E-state index in [0.29, 0.717) is 18.9 Å². The van der Waals surface area contributed by atoms with Crippen molar-refractivity contribution in [3.63, 3.8) is 0 Å². The summed E-state index contributed by atoms with van der Waals surface area (Å²) >= 11 is 3.40. The molecule has 19 heavy (non-hydrogen) atoms. The van der Waals surface area contributed by atoms with Crippen molar-refractivity contribution in [3.8, 4) is 0 Å². The van der Waals surface area contributed by atoms with Crippen LogP contribution in [-0.2, 0) is 16.1 Å². The maximum Gasteiger partial charge on any atom is 0.306 e. The first kappa shape index (κ1) is 14.5. The third-order valence-corrected chi connectivity index (χ3v) is 3.94. The van der Waals surface area contributed by atoms with Gasteiger partial charge in [0.25, 0.3) is 0 Å². The van der Waals surface area contributed by atoms with Crippen LogP contribution in [0.2, 0.25) is 0 Å². The van der Waals surface area contributed by atoms with Crippen molar-refractivity contribution in [2.45, 2.75) is 32.3 Å². The largest absolute Gasteiger partial charge is 0.461 e. The summed E-state index contributed by atoms with van der Waals surface area (Å²) < 4.78 is 6.30. The number of piperidine rings is 1. The molecule has 1 aliphatic rings. The second-order valence-electron chi connectivity index (χ2n) is 5.04. The predicted molar refractivity (Wildman–Crippen MR) is 78.8 cm³/mol. The van der Waals surface area contributed by atoms with Crippen molar-refractivity contribution < 1.29 is 9.53 Å². The fraction of sp³-hybridized carbons (Fsp3) is 0.533. The quantitative estimate of drug-likeness (QED) is 0.844. The van der Waals surface area contributed by atoms with E-state index in [1.807, 2.05) is 24.3 Å². The number of hydrogen-bond acceptors (Lipinski definition) is 3. The highest BCUT2D eigenvalue weighted by Gasteiger charge is 2.14. The van der Waals surface area contributed by atoms with Crippen LogP contribution in [0.5, 0.6) is 0 Å². The van der Waals surface area contributed by atoms with Crippen molar-refractivity contribution in [1.29, 1.82) is 0 Å². The first-order valence-corrected chi connectivity index (χ1v) is 7.64. The van der Waals surface area contributed by atoms with Crippen LogP contribution >= 0.6 is 15.9 Å². The summed E-state index contributed by atoms with van der Waals surface area (Å²) in [6, 6.07) is 7.84. The molecule has 0 aromatic heterocycles. The van der Waals surface area contributed by atoms with E-state index in [1.54, 1.807) is 0 Å². The Labute approximate surface area is 122 Å². The molecule has 1 fully saturated rings. The number of rotatable bonds is 5. The Bertz CT molecular complexity index is 416. The molecule has 0 bridgehead atoms. The first-order valence-electron chi connectivity index (χ1n) is 6.85. The summed E-state index contributed by atoms with van der Waals surface area (Å²) in [6.07, 6.45) is 3.91. The van der Waals surface area contributed by atoms with E-state index in [1.165, 1.54) is 12.8 Å². The molecule has 1 aliphatic heterocycles. The van der Waals surface area contributed by atoms with Gasteiger partial charge in [0.2, 0.25) is 0 Å². The zero-order valence-corrected chi connectivity index (χ0v) is 12.6. The summed E-state index contributed by atoms with van der Waals surface area (Å²) in [6.45, 7) is 2.52. The third-order valence-electron chi connectivity index (χ3n) is 3.44. The molecular formula is C15H20BrNO2. The van der Waals surface area contributed by atoms with Gasteiger partial charge in [-0.25, -0.2) is 0 Å². The topological polar surface area (TPSA) is 38.3 Å². The molecule has 1 atom stereocenters. The molecule has 0 aliphatic carbocycles. The van der Waals surface area contributed by atoms with E-state index < -0.39 is 0 Å². The second kappa shape index (κ2) is 7.65. The lowest BCUT2D eigenvalue weighted by atomic mass is 9.95. The normalized spacial score (nSPS) is 19.1. The highest BCUT2D eigenvalue weighted by molar-refractivity contribution is 9.10. The van der Waals surface area contributed by atoms with Crippen molar-refractivity contribution in [3.05, 3.63) is 34.3 Å². The molecule has 1 N–H and O–H groups in total. The van der Waals surface area contributed by atoms with E-state index in [-0.39, 0.29) is 5.97 Å². The molecule has 0 spiro atoms. The van der Waals surface area contributed by atoms with Crippen LogP contribution in [-0.4, -0.2) is 19.1 Å². The summed E-state index contributed by atoms with van der Waals surface area (Å²) in [4.78, 5) is 11.7. The van der Waals surface area contributed by atoms with Crippen molar-refractivity contribution in [2.75, 3.05) is 13.1 Å². The van der Waals surface area contributed by atoms with Gasteiger partial charge in [-0.1, -0.05) is 28.1 Å². The Hall–Kier alpha value is -0.870. The molecule has 1 aromatic rings. The van der Waals surface area contributed by atoms with E-state index in [4.69, 9.17) is 4.74 Å². The number of benzene rings is 1. The molecule has 0 saturated carbocycles. The Morgan fingerprint density at radius 2 is 2.37 bits per heavy atom. The number of carbonyl (C=O) groups excluding carboxylic acids is 1. The van der Waals surface area contributed by atoms with Gasteiger partial charge in [0.15, 0.2) is 0 Å². The molecule has 0 amide bonds. The van der Waals surface area contributed by atoms with E-state index in [0.717, 1.165) is 29.5 Å². The monoisotopic (exact) mass is 325 g/mol. The molecule has 1 aromatic carbocycles. The fourth-order valence-corrected chi connectivity index (χ4v) is 2.80. The molecule has 0 radical (unpaired) electrons. The Morgan fingerprint density at radius 3 is 3.11 bits per heavy atom. The lowest BCUT2D eigenvalue weighted by Gasteiger charge is -2.22. The van der Waals surface area contributed by atoms with Gasteiger partial charge in [-0.05, 0) is 56.0 Å². The standard InChI is InChI=1S/C15H20BrNO2/c16-14-5-1-3-13(9-14)11-19-15(18)7-6-12-4-2-8-17-10-12/h1,3,5,9,12,17H,2,4,6-8,10-11H2. The van der Waals surface area contributed by atoms with Crippen LogP contribution in [0.4, 0.5) is 0 Å².